The summed E-state index contributed by atoms with van der Waals surface area (Å²) in [5, 5.41) is 3.25. The zero-order valence-corrected chi connectivity index (χ0v) is 10.6. The van der Waals surface area contributed by atoms with Gasteiger partial charge in [0.15, 0.2) is 5.82 Å². The number of hydrogen-bond donors (Lipinski definition) is 2. The molecular formula is C12H19N5. The summed E-state index contributed by atoms with van der Waals surface area (Å²) in [6.45, 7) is 9.11. The van der Waals surface area contributed by atoms with E-state index in [-0.39, 0.29) is 0 Å². The van der Waals surface area contributed by atoms with Gasteiger partial charge in [-0.05, 0) is 12.3 Å². The number of guanidine groups is 1. The smallest absolute Gasteiger partial charge is 0.202 e. The molecule has 0 spiro atoms. The Hall–Kier alpha value is -1.78. The molecule has 0 aromatic rings. The summed E-state index contributed by atoms with van der Waals surface area (Å²) in [5.74, 6) is 1.78. The fourth-order valence-corrected chi connectivity index (χ4v) is 1.89. The molecule has 0 aliphatic carbocycles. The van der Waals surface area contributed by atoms with E-state index in [1.54, 1.807) is 4.90 Å². The maximum Gasteiger partial charge on any atom is 0.202 e. The predicted octanol–water partition coefficient (Wildman–Crippen LogP) is 1.02. The van der Waals surface area contributed by atoms with Crippen molar-refractivity contribution in [2.75, 3.05) is 13.6 Å². The maximum atomic E-state index is 5.78. The SMILES string of the molecule is C=C1C2=C(N=C(N)N1C)NCC(CC(C)C)=N2. The number of nitrogens with zero attached hydrogens (tertiary/aromatic N) is 3. The normalized spacial score (nSPS) is 20.0. The van der Waals surface area contributed by atoms with Gasteiger partial charge in [0.25, 0.3) is 0 Å². The lowest BCUT2D eigenvalue weighted by Gasteiger charge is -2.30. The molecular weight excluding hydrogens is 214 g/mol. The van der Waals surface area contributed by atoms with E-state index in [0.717, 1.165) is 35.9 Å². The Labute approximate surface area is 102 Å². The summed E-state index contributed by atoms with van der Waals surface area (Å²) in [4.78, 5) is 10.7. The molecule has 0 amide bonds. The van der Waals surface area contributed by atoms with Crippen molar-refractivity contribution >= 4 is 11.7 Å². The van der Waals surface area contributed by atoms with Crippen LogP contribution in [0.25, 0.3) is 0 Å². The van der Waals surface area contributed by atoms with Crippen molar-refractivity contribution in [3.05, 3.63) is 23.8 Å². The first-order valence-corrected chi connectivity index (χ1v) is 5.80. The van der Waals surface area contributed by atoms with Crippen molar-refractivity contribution in [3.8, 4) is 0 Å². The topological polar surface area (TPSA) is 66.0 Å². The third kappa shape index (κ3) is 2.18. The van der Waals surface area contributed by atoms with Crippen LogP contribution in [0.1, 0.15) is 20.3 Å². The van der Waals surface area contributed by atoms with Gasteiger partial charge in [-0.3, -0.25) is 0 Å². The van der Waals surface area contributed by atoms with Gasteiger partial charge in [-0.2, -0.15) is 4.99 Å². The highest BCUT2D eigenvalue weighted by molar-refractivity contribution is 5.91. The van der Waals surface area contributed by atoms with E-state index in [1.165, 1.54) is 0 Å². The molecule has 0 radical (unpaired) electrons. The van der Waals surface area contributed by atoms with E-state index < -0.39 is 0 Å². The molecule has 2 rings (SSSR count). The first kappa shape index (κ1) is 11.7. The van der Waals surface area contributed by atoms with Gasteiger partial charge in [0.2, 0.25) is 5.96 Å². The molecule has 5 nitrogen and oxygen atoms in total. The lowest BCUT2D eigenvalue weighted by molar-refractivity contribution is 0.596. The average molecular weight is 233 g/mol. The molecule has 0 fully saturated rings. The molecule has 2 aliphatic rings. The second-order valence-electron chi connectivity index (χ2n) is 4.80. The highest BCUT2D eigenvalue weighted by Crippen LogP contribution is 2.25. The van der Waals surface area contributed by atoms with E-state index in [1.807, 2.05) is 7.05 Å². The molecule has 92 valence electrons. The Morgan fingerprint density at radius 2 is 2.18 bits per heavy atom. The molecule has 0 saturated heterocycles. The maximum absolute atomic E-state index is 5.78. The van der Waals surface area contributed by atoms with E-state index in [9.17, 15) is 0 Å². The van der Waals surface area contributed by atoms with Gasteiger partial charge < -0.3 is 16.0 Å². The minimum atomic E-state index is 0.448. The van der Waals surface area contributed by atoms with Crippen LogP contribution in [-0.4, -0.2) is 30.2 Å². The summed E-state index contributed by atoms with van der Waals surface area (Å²) in [7, 11) is 1.84. The van der Waals surface area contributed by atoms with Gasteiger partial charge in [-0.1, -0.05) is 20.4 Å². The van der Waals surface area contributed by atoms with Crippen molar-refractivity contribution in [1.29, 1.82) is 0 Å². The van der Waals surface area contributed by atoms with Crippen molar-refractivity contribution in [3.63, 3.8) is 0 Å². The first-order chi connectivity index (χ1) is 7.99. The highest BCUT2D eigenvalue weighted by Gasteiger charge is 2.24. The second kappa shape index (κ2) is 4.24. The molecule has 3 N–H and O–H groups in total. The average Bonchev–Trinajstić information content (AvgIpc) is 2.26. The molecule has 5 heteroatoms. The van der Waals surface area contributed by atoms with Crippen LogP contribution in [-0.2, 0) is 0 Å². The summed E-state index contributed by atoms with van der Waals surface area (Å²) < 4.78 is 0. The Morgan fingerprint density at radius 3 is 2.82 bits per heavy atom. The predicted molar refractivity (Wildman–Crippen MR) is 70.4 cm³/mol. The monoisotopic (exact) mass is 233 g/mol. The van der Waals surface area contributed by atoms with Crippen LogP contribution in [0.3, 0.4) is 0 Å². The molecule has 0 unspecified atom stereocenters. The number of nitrogens with one attached hydrogen (secondary N) is 1. The number of aliphatic imine (C=N–C) groups is 2. The van der Waals surface area contributed by atoms with Gasteiger partial charge >= 0.3 is 0 Å². The standard InChI is InChI=1S/C12H19N5/c1-7(2)5-9-6-14-11-10(15-9)8(3)17(4)12(13)16-11/h7,14H,3,5-6H2,1-2,4H3,(H2,13,16). The summed E-state index contributed by atoms with van der Waals surface area (Å²) >= 11 is 0. The zero-order valence-electron chi connectivity index (χ0n) is 10.6. The van der Waals surface area contributed by atoms with Crippen molar-refractivity contribution < 1.29 is 0 Å². The van der Waals surface area contributed by atoms with Crippen LogP contribution in [0.4, 0.5) is 0 Å². The lowest BCUT2D eigenvalue weighted by atomic mass is 10.1. The molecule has 0 bridgehead atoms. The number of nitrogens with two attached hydrogens (primary N) is 1. The van der Waals surface area contributed by atoms with Crippen LogP contribution in [0.15, 0.2) is 33.8 Å². The van der Waals surface area contributed by atoms with Gasteiger partial charge in [0, 0.05) is 12.8 Å². The minimum Gasteiger partial charge on any atom is -0.369 e. The van der Waals surface area contributed by atoms with Gasteiger partial charge in [-0.15, -0.1) is 0 Å². The Kier molecular flexibility index (Phi) is 2.92. The third-order valence-electron chi connectivity index (χ3n) is 2.85. The highest BCUT2D eigenvalue weighted by atomic mass is 15.3. The van der Waals surface area contributed by atoms with E-state index in [2.05, 4.69) is 35.7 Å². The van der Waals surface area contributed by atoms with E-state index in [4.69, 9.17) is 5.73 Å². The quantitative estimate of drug-likeness (QED) is 0.748. The van der Waals surface area contributed by atoms with E-state index in [0.29, 0.717) is 11.9 Å². The fraction of sp³-hybridized carbons (Fsp3) is 0.500. The van der Waals surface area contributed by atoms with E-state index >= 15 is 0 Å². The molecule has 2 heterocycles. The molecule has 0 aromatic carbocycles. The third-order valence-corrected chi connectivity index (χ3v) is 2.85. The summed E-state index contributed by atoms with van der Waals surface area (Å²) in [6.07, 6.45) is 0.986. The van der Waals surface area contributed by atoms with Crippen molar-refractivity contribution in [1.82, 2.24) is 10.2 Å². The van der Waals surface area contributed by atoms with Crippen LogP contribution in [0.5, 0.6) is 0 Å². The molecule has 17 heavy (non-hydrogen) atoms. The second-order valence-corrected chi connectivity index (χ2v) is 4.80. The summed E-state index contributed by atoms with van der Waals surface area (Å²) in [5.41, 5.74) is 8.53. The van der Waals surface area contributed by atoms with Crippen LogP contribution in [0, 0.1) is 5.92 Å². The molecule has 0 saturated carbocycles. The Morgan fingerprint density at radius 1 is 1.47 bits per heavy atom. The fourth-order valence-electron chi connectivity index (χ4n) is 1.89. The number of rotatable bonds is 2. The Bertz CT molecular complexity index is 442. The van der Waals surface area contributed by atoms with Crippen molar-refractivity contribution in [2.45, 2.75) is 20.3 Å². The van der Waals surface area contributed by atoms with Crippen LogP contribution in [0.2, 0.25) is 0 Å². The molecule has 2 aliphatic heterocycles. The molecule has 0 atom stereocenters. The largest absolute Gasteiger partial charge is 0.369 e. The summed E-state index contributed by atoms with van der Waals surface area (Å²) in [6, 6.07) is 0. The van der Waals surface area contributed by atoms with Crippen molar-refractivity contribution in [2.24, 2.45) is 21.6 Å². The van der Waals surface area contributed by atoms with Gasteiger partial charge in [0.1, 0.15) is 5.70 Å². The number of likely N-dealkylation sites (N-methyl/N-ethyl adjacent to an activating group) is 1. The zero-order chi connectivity index (χ0) is 12.6. The van der Waals surface area contributed by atoms with Crippen LogP contribution >= 0.6 is 0 Å². The minimum absolute atomic E-state index is 0.448. The van der Waals surface area contributed by atoms with Gasteiger partial charge in [-0.25, -0.2) is 4.99 Å². The Balaban J connectivity index is 2.31. The number of hydrogen-bond acceptors (Lipinski definition) is 5. The van der Waals surface area contributed by atoms with Gasteiger partial charge in [0.05, 0.1) is 12.2 Å². The van der Waals surface area contributed by atoms with Crippen LogP contribution < -0.4 is 11.1 Å². The first-order valence-electron chi connectivity index (χ1n) is 5.80. The molecule has 0 aromatic heterocycles. The lowest BCUT2D eigenvalue weighted by Crippen LogP contribution is -2.40.